The SMILES string of the molecule is Cc1ccc(CN2CC(C)NC(C)C2)o1. The average molecular weight is 208 g/mol. The molecule has 84 valence electrons. The van der Waals surface area contributed by atoms with E-state index >= 15 is 0 Å². The maximum Gasteiger partial charge on any atom is 0.118 e. The van der Waals surface area contributed by atoms with Gasteiger partial charge in [0.05, 0.1) is 6.54 Å². The van der Waals surface area contributed by atoms with Crippen LogP contribution < -0.4 is 5.32 Å². The summed E-state index contributed by atoms with van der Waals surface area (Å²) in [6.45, 7) is 9.59. The largest absolute Gasteiger partial charge is 0.465 e. The lowest BCUT2D eigenvalue weighted by Crippen LogP contribution is -2.53. The highest BCUT2D eigenvalue weighted by Crippen LogP contribution is 2.12. The van der Waals surface area contributed by atoms with Crippen LogP contribution in [0.25, 0.3) is 0 Å². The summed E-state index contributed by atoms with van der Waals surface area (Å²) in [5.41, 5.74) is 0. The molecule has 3 nitrogen and oxygen atoms in total. The predicted octanol–water partition coefficient (Wildman–Crippen LogP) is 1.77. The second-order valence-electron chi connectivity index (χ2n) is 4.68. The van der Waals surface area contributed by atoms with E-state index in [0.717, 1.165) is 31.2 Å². The van der Waals surface area contributed by atoms with Crippen LogP contribution in [0.2, 0.25) is 0 Å². The van der Waals surface area contributed by atoms with E-state index in [1.54, 1.807) is 0 Å². The summed E-state index contributed by atoms with van der Waals surface area (Å²) >= 11 is 0. The normalized spacial score (nSPS) is 28.2. The Kier molecular flexibility index (Phi) is 3.12. The molecular weight excluding hydrogens is 188 g/mol. The van der Waals surface area contributed by atoms with Gasteiger partial charge in [0.1, 0.15) is 11.5 Å². The summed E-state index contributed by atoms with van der Waals surface area (Å²) in [7, 11) is 0. The van der Waals surface area contributed by atoms with Crippen LogP contribution >= 0.6 is 0 Å². The molecule has 0 spiro atoms. The Hall–Kier alpha value is -0.800. The first-order valence-corrected chi connectivity index (χ1v) is 5.67. The Bertz CT molecular complexity index is 311. The molecule has 15 heavy (non-hydrogen) atoms. The third-order valence-corrected chi connectivity index (χ3v) is 2.81. The van der Waals surface area contributed by atoms with Crippen molar-refractivity contribution in [3.8, 4) is 0 Å². The van der Waals surface area contributed by atoms with Crippen molar-refractivity contribution in [1.29, 1.82) is 0 Å². The Morgan fingerprint density at radius 1 is 1.33 bits per heavy atom. The topological polar surface area (TPSA) is 28.4 Å². The van der Waals surface area contributed by atoms with Gasteiger partial charge in [-0.05, 0) is 32.9 Å². The van der Waals surface area contributed by atoms with Crippen LogP contribution in [-0.2, 0) is 6.54 Å². The van der Waals surface area contributed by atoms with E-state index in [1.807, 2.05) is 13.0 Å². The smallest absolute Gasteiger partial charge is 0.118 e. The average Bonchev–Trinajstić information content (AvgIpc) is 2.49. The zero-order valence-corrected chi connectivity index (χ0v) is 9.79. The number of hydrogen-bond donors (Lipinski definition) is 1. The minimum atomic E-state index is 0.574. The standard InChI is InChI=1S/C12H20N2O/c1-9-6-14(7-10(2)13-9)8-12-5-4-11(3)15-12/h4-5,9-10,13H,6-8H2,1-3H3. The molecule has 1 aromatic heterocycles. The Morgan fingerprint density at radius 2 is 2.00 bits per heavy atom. The van der Waals surface area contributed by atoms with E-state index < -0.39 is 0 Å². The zero-order valence-electron chi connectivity index (χ0n) is 9.79. The van der Waals surface area contributed by atoms with Gasteiger partial charge in [-0.15, -0.1) is 0 Å². The molecule has 2 heterocycles. The molecular formula is C12H20N2O. The summed E-state index contributed by atoms with van der Waals surface area (Å²) in [6.07, 6.45) is 0. The number of piperazine rings is 1. The minimum absolute atomic E-state index is 0.574. The molecule has 2 rings (SSSR count). The fourth-order valence-corrected chi connectivity index (χ4v) is 2.36. The molecule has 1 aliphatic rings. The van der Waals surface area contributed by atoms with E-state index in [0.29, 0.717) is 12.1 Å². The highest BCUT2D eigenvalue weighted by Gasteiger charge is 2.21. The molecule has 0 aliphatic carbocycles. The van der Waals surface area contributed by atoms with Gasteiger partial charge in [-0.25, -0.2) is 0 Å². The lowest BCUT2D eigenvalue weighted by molar-refractivity contribution is 0.156. The molecule has 1 aromatic rings. The van der Waals surface area contributed by atoms with Crippen molar-refractivity contribution in [3.05, 3.63) is 23.7 Å². The highest BCUT2D eigenvalue weighted by atomic mass is 16.3. The quantitative estimate of drug-likeness (QED) is 0.803. The Labute approximate surface area is 91.4 Å². The van der Waals surface area contributed by atoms with Crippen LogP contribution in [0.3, 0.4) is 0 Å². The summed E-state index contributed by atoms with van der Waals surface area (Å²) in [6, 6.07) is 5.26. The van der Waals surface area contributed by atoms with Crippen LogP contribution in [0.5, 0.6) is 0 Å². The number of aryl methyl sites for hydroxylation is 1. The van der Waals surface area contributed by atoms with Crippen LogP contribution in [-0.4, -0.2) is 30.1 Å². The van der Waals surface area contributed by atoms with Crippen molar-refractivity contribution in [2.75, 3.05) is 13.1 Å². The zero-order chi connectivity index (χ0) is 10.8. The fourth-order valence-electron chi connectivity index (χ4n) is 2.36. The third kappa shape index (κ3) is 2.83. The Morgan fingerprint density at radius 3 is 2.53 bits per heavy atom. The van der Waals surface area contributed by atoms with E-state index in [4.69, 9.17) is 4.42 Å². The monoisotopic (exact) mass is 208 g/mol. The van der Waals surface area contributed by atoms with Gasteiger partial charge in [0.2, 0.25) is 0 Å². The van der Waals surface area contributed by atoms with Gasteiger partial charge in [-0.2, -0.15) is 0 Å². The molecule has 0 amide bonds. The van der Waals surface area contributed by atoms with Crippen molar-refractivity contribution in [2.24, 2.45) is 0 Å². The van der Waals surface area contributed by atoms with Gasteiger partial charge < -0.3 is 9.73 Å². The molecule has 1 aliphatic heterocycles. The van der Waals surface area contributed by atoms with Crippen molar-refractivity contribution in [1.82, 2.24) is 10.2 Å². The molecule has 0 bridgehead atoms. The molecule has 2 unspecified atom stereocenters. The van der Waals surface area contributed by atoms with E-state index in [9.17, 15) is 0 Å². The van der Waals surface area contributed by atoms with E-state index in [2.05, 4.69) is 30.1 Å². The van der Waals surface area contributed by atoms with Crippen molar-refractivity contribution >= 4 is 0 Å². The molecule has 1 N–H and O–H groups in total. The molecule has 0 radical (unpaired) electrons. The molecule has 3 heteroatoms. The number of furan rings is 1. The summed E-state index contributed by atoms with van der Waals surface area (Å²) in [4.78, 5) is 2.45. The molecule has 1 fully saturated rings. The van der Waals surface area contributed by atoms with Gasteiger partial charge in [0, 0.05) is 25.2 Å². The second kappa shape index (κ2) is 4.37. The maximum absolute atomic E-state index is 5.59. The van der Waals surface area contributed by atoms with Crippen molar-refractivity contribution in [2.45, 2.75) is 39.4 Å². The maximum atomic E-state index is 5.59. The summed E-state index contributed by atoms with van der Waals surface area (Å²) < 4.78 is 5.59. The van der Waals surface area contributed by atoms with Crippen LogP contribution in [0.4, 0.5) is 0 Å². The molecule has 0 saturated carbocycles. The number of nitrogens with zero attached hydrogens (tertiary/aromatic N) is 1. The van der Waals surface area contributed by atoms with Gasteiger partial charge in [0.25, 0.3) is 0 Å². The number of nitrogens with one attached hydrogen (secondary N) is 1. The van der Waals surface area contributed by atoms with Gasteiger partial charge >= 0.3 is 0 Å². The highest BCUT2D eigenvalue weighted by molar-refractivity contribution is 5.05. The summed E-state index contributed by atoms with van der Waals surface area (Å²) in [5, 5.41) is 3.53. The van der Waals surface area contributed by atoms with Crippen LogP contribution in [0.1, 0.15) is 25.4 Å². The third-order valence-electron chi connectivity index (χ3n) is 2.81. The van der Waals surface area contributed by atoms with E-state index in [-0.39, 0.29) is 0 Å². The Balaban J connectivity index is 1.94. The molecule has 2 atom stereocenters. The van der Waals surface area contributed by atoms with E-state index in [1.165, 1.54) is 0 Å². The van der Waals surface area contributed by atoms with Crippen molar-refractivity contribution in [3.63, 3.8) is 0 Å². The minimum Gasteiger partial charge on any atom is -0.465 e. The van der Waals surface area contributed by atoms with Gasteiger partial charge in [0.15, 0.2) is 0 Å². The van der Waals surface area contributed by atoms with Crippen LogP contribution in [0.15, 0.2) is 16.5 Å². The first-order valence-electron chi connectivity index (χ1n) is 5.67. The number of rotatable bonds is 2. The summed E-state index contributed by atoms with van der Waals surface area (Å²) in [5.74, 6) is 2.08. The predicted molar refractivity (Wildman–Crippen MR) is 60.8 cm³/mol. The molecule has 0 aromatic carbocycles. The first-order chi connectivity index (χ1) is 7.13. The lowest BCUT2D eigenvalue weighted by Gasteiger charge is -2.35. The van der Waals surface area contributed by atoms with Crippen molar-refractivity contribution < 1.29 is 4.42 Å². The van der Waals surface area contributed by atoms with Gasteiger partial charge in [-0.1, -0.05) is 0 Å². The van der Waals surface area contributed by atoms with Crippen LogP contribution in [0, 0.1) is 6.92 Å². The first kappa shape index (κ1) is 10.7. The molecule has 1 saturated heterocycles. The lowest BCUT2D eigenvalue weighted by atomic mass is 10.1. The fraction of sp³-hybridized carbons (Fsp3) is 0.667. The second-order valence-corrected chi connectivity index (χ2v) is 4.68. The van der Waals surface area contributed by atoms with Gasteiger partial charge in [-0.3, -0.25) is 4.90 Å². The number of hydrogen-bond acceptors (Lipinski definition) is 3.